The van der Waals surface area contributed by atoms with Crippen molar-refractivity contribution in [2.45, 2.75) is 13.0 Å². The minimum Gasteiger partial charge on any atom is -0.356 e. The van der Waals surface area contributed by atoms with Crippen molar-refractivity contribution in [2.24, 2.45) is 10.9 Å². The minimum atomic E-state index is 0.729. The van der Waals surface area contributed by atoms with Crippen molar-refractivity contribution in [2.75, 3.05) is 40.8 Å². The quantitative estimate of drug-likeness (QED) is 0.666. The van der Waals surface area contributed by atoms with Gasteiger partial charge in [0.25, 0.3) is 0 Å². The average molecular weight is 353 g/mol. The average Bonchev–Trinajstić information content (AvgIpc) is 2.88. The molecule has 1 unspecified atom stereocenters. The molecule has 0 aromatic heterocycles. The summed E-state index contributed by atoms with van der Waals surface area (Å²) in [5.74, 6) is 1.69. The van der Waals surface area contributed by atoms with Gasteiger partial charge < -0.3 is 15.1 Å². The van der Waals surface area contributed by atoms with Gasteiger partial charge in [-0.25, -0.2) is 0 Å². The molecule has 4 nitrogen and oxygen atoms in total. The fourth-order valence-electron chi connectivity index (χ4n) is 2.75. The number of nitrogens with one attached hydrogen (secondary N) is 1. The van der Waals surface area contributed by atoms with Crippen molar-refractivity contribution >= 4 is 21.9 Å². The summed E-state index contributed by atoms with van der Waals surface area (Å²) in [5, 5.41) is 3.50. The first-order chi connectivity index (χ1) is 10.1. The number of benzene rings is 1. The van der Waals surface area contributed by atoms with Gasteiger partial charge in [-0.15, -0.1) is 0 Å². The van der Waals surface area contributed by atoms with Crippen LogP contribution in [0.3, 0.4) is 0 Å². The molecule has 0 saturated carbocycles. The zero-order valence-electron chi connectivity index (χ0n) is 13.1. The molecule has 1 aliphatic heterocycles. The highest BCUT2D eigenvalue weighted by Crippen LogP contribution is 2.14. The molecule has 5 heteroatoms. The molecule has 1 heterocycles. The van der Waals surface area contributed by atoms with E-state index in [4.69, 9.17) is 0 Å². The smallest absolute Gasteiger partial charge is 0.193 e. The summed E-state index contributed by atoms with van der Waals surface area (Å²) in [6.45, 7) is 4.25. The monoisotopic (exact) mass is 352 g/mol. The molecule has 0 bridgehead atoms. The number of nitrogens with zero attached hydrogens (tertiary/aromatic N) is 3. The van der Waals surface area contributed by atoms with Crippen molar-refractivity contribution in [3.63, 3.8) is 0 Å². The Bertz CT molecular complexity index is 472. The Morgan fingerprint density at radius 2 is 2.14 bits per heavy atom. The lowest BCUT2D eigenvalue weighted by Gasteiger charge is -2.23. The minimum absolute atomic E-state index is 0.729. The lowest BCUT2D eigenvalue weighted by molar-refractivity contribution is 0.390. The second kappa shape index (κ2) is 7.80. The van der Waals surface area contributed by atoms with E-state index in [1.165, 1.54) is 25.1 Å². The molecule has 2 rings (SSSR count). The highest BCUT2D eigenvalue weighted by Gasteiger charge is 2.19. The van der Waals surface area contributed by atoms with Crippen LogP contribution in [-0.2, 0) is 6.54 Å². The number of halogens is 1. The highest BCUT2D eigenvalue weighted by atomic mass is 79.9. The van der Waals surface area contributed by atoms with Crippen LogP contribution in [-0.4, -0.2) is 56.5 Å². The van der Waals surface area contributed by atoms with E-state index in [0.29, 0.717) is 0 Å². The van der Waals surface area contributed by atoms with Crippen LogP contribution in [0.25, 0.3) is 0 Å². The second-order valence-corrected chi connectivity index (χ2v) is 6.74. The van der Waals surface area contributed by atoms with E-state index in [0.717, 1.165) is 29.4 Å². The maximum absolute atomic E-state index is 4.39. The molecule has 0 amide bonds. The largest absolute Gasteiger partial charge is 0.356 e. The van der Waals surface area contributed by atoms with Gasteiger partial charge in [-0.05, 0) is 43.6 Å². The molecule has 1 fully saturated rings. The van der Waals surface area contributed by atoms with Crippen molar-refractivity contribution in [1.29, 1.82) is 0 Å². The Labute approximate surface area is 136 Å². The molecule has 1 N–H and O–H groups in total. The van der Waals surface area contributed by atoms with Crippen LogP contribution in [0.5, 0.6) is 0 Å². The van der Waals surface area contributed by atoms with E-state index >= 15 is 0 Å². The summed E-state index contributed by atoms with van der Waals surface area (Å²) in [7, 11) is 6.12. The van der Waals surface area contributed by atoms with Gasteiger partial charge >= 0.3 is 0 Å². The fourth-order valence-corrected chi connectivity index (χ4v) is 3.02. The predicted molar refractivity (Wildman–Crippen MR) is 92.6 cm³/mol. The molecule has 116 valence electrons. The molecule has 1 aliphatic rings. The Morgan fingerprint density at radius 3 is 2.71 bits per heavy atom. The van der Waals surface area contributed by atoms with E-state index in [-0.39, 0.29) is 0 Å². The topological polar surface area (TPSA) is 30.9 Å². The lowest BCUT2D eigenvalue weighted by Crippen LogP contribution is -2.41. The number of hydrogen-bond acceptors (Lipinski definition) is 2. The summed E-state index contributed by atoms with van der Waals surface area (Å²) in [5.41, 5.74) is 1.28. The zero-order chi connectivity index (χ0) is 15.2. The molecule has 1 atom stereocenters. The van der Waals surface area contributed by atoms with E-state index in [9.17, 15) is 0 Å². The number of guanidine groups is 1. The third kappa shape index (κ3) is 5.00. The van der Waals surface area contributed by atoms with Gasteiger partial charge in [0.1, 0.15) is 0 Å². The Kier molecular flexibility index (Phi) is 6.06. The summed E-state index contributed by atoms with van der Waals surface area (Å²) in [6.07, 6.45) is 1.27. The number of likely N-dealkylation sites (tertiary alicyclic amines) is 1. The molecule has 0 spiro atoms. The first-order valence-corrected chi connectivity index (χ1v) is 8.22. The zero-order valence-corrected chi connectivity index (χ0v) is 14.7. The van der Waals surface area contributed by atoms with Crippen molar-refractivity contribution < 1.29 is 0 Å². The predicted octanol–water partition coefficient (Wildman–Crippen LogP) is 2.41. The third-order valence-corrected chi connectivity index (χ3v) is 4.47. The van der Waals surface area contributed by atoms with Crippen LogP contribution in [0.4, 0.5) is 0 Å². The van der Waals surface area contributed by atoms with E-state index in [1.807, 2.05) is 7.05 Å². The van der Waals surface area contributed by atoms with Crippen LogP contribution in [0.1, 0.15) is 12.0 Å². The number of hydrogen-bond donors (Lipinski definition) is 1. The van der Waals surface area contributed by atoms with Crippen molar-refractivity contribution in [3.05, 3.63) is 34.3 Å². The molecule has 0 aliphatic carbocycles. The van der Waals surface area contributed by atoms with Crippen LogP contribution in [0, 0.1) is 5.92 Å². The van der Waals surface area contributed by atoms with Gasteiger partial charge in [-0.2, -0.15) is 0 Å². The van der Waals surface area contributed by atoms with E-state index < -0.39 is 0 Å². The normalized spacial score (nSPS) is 19.8. The van der Waals surface area contributed by atoms with Crippen LogP contribution in [0.15, 0.2) is 33.7 Å². The molecule has 0 radical (unpaired) electrons. The molecule has 1 aromatic carbocycles. The molecular formula is C16H25BrN4. The third-order valence-electron chi connectivity index (χ3n) is 3.94. The SMILES string of the molecule is CN=C(NCC1CCN(C)C1)N(C)Cc1ccc(Br)cc1. The van der Waals surface area contributed by atoms with Crippen LogP contribution in [0.2, 0.25) is 0 Å². The highest BCUT2D eigenvalue weighted by molar-refractivity contribution is 9.10. The maximum atomic E-state index is 4.39. The van der Waals surface area contributed by atoms with Crippen molar-refractivity contribution in [3.8, 4) is 0 Å². The van der Waals surface area contributed by atoms with Crippen molar-refractivity contribution in [1.82, 2.24) is 15.1 Å². The molecule has 21 heavy (non-hydrogen) atoms. The first-order valence-electron chi connectivity index (χ1n) is 7.43. The van der Waals surface area contributed by atoms with Crippen LogP contribution < -0.4 is 5.32 Å². The van der Waals surface area contributed by atoms with Gasteiger partial charge in [0.2, 0.25) is 0 Å². The first kappa shape index (κ1) is 16.3. The number of aliphatic imine (C=N–C) groups is 1. The summed E-state index contributed by atoms with van der Waals surface area (Å²) < 4.78 is 1.11. The fraction of sp³-hybridized carbons (Fsp3) is 0.562. The summed E-state index contributed by atoms with van der Waals surface area (Å²) in [4.78, 5) is 8.95. The van der Waals surface area contributed by atoms with E-state index in [2.05, 4.69) is 74.4 Å². The summed E-state index contributed by atoms with van der Waals surface area (Å²) in [6, 6.07) is 8.43. The molecule has 1 aromatic rings. The Morgan fingerprint density at radius 1 is 1.43 bits per heavy atom. The lowest BCUT2D eigenvalue weighted by atomic mass is 10.1. The Hall–Kier alpha value is -1.07. The standard InChI is InChI=1S/C16H25BrN4/c1-18-16(19-10-14-8-9-20(2)11-14)21(3)12-13-4-6-15(17)7-5-13/h4-7,14H,8-12H2,1-3H3,(H,18,19). The number of rotatable bonds is 4. The van der Waals surface area contributed by atoms with Crippen LogP contribution >= 0.6 is 15.9 Å². The van der Waals surface area contributed by atoms with Gasteiger partial charge in [-0.3, -0.25) is 4.99 Å². The summed E-state index contributed by atoms with van der Waals surface area (Å²) >= 11 is 3.47. The second-order valence-electron chi connectivity index (χ2n) is 5.83. The molecular weight excluding hydrogens is 328 g/mol. The Balaban J connectivity index is 1.84. The molecule has 1 saturated heterocycles. The van der Waals surface area contributed by atoms with Gasteiger partial charge in [0, 0.05) is 38.2 Å². The van der Waals surface area contributed by atoms with Gasteiger partial charge in [0.05, 0.1) is 0 Å². The van der Waals surface area contributed by atoms with Gasteiger partial charge in [-0.1, -0.05) is 28.1 Å². The maximum Gasteiger partial charge on any atom is 0.193 e. The van der Waals surface area contributed by atoms with Gasteiger partial charge in [0.15, 0.2) is 5.96 Å². The van der Waals surface area contributed by atoms with E-state index in [1.54, 1.807) is 0 Å².